The lowest BCUT2D eigenvalue weighted by atomic mass is 10.3. The molecular weight excluding hydrogens is 266 g/mol. The number of ether oxygens (including phenoxy) is 1. The molecule has 2 heterocycles. The van der Waals surface area contributed by atoms with Crippen LogP contribution < -0.4 is 5.32 Å². The van der Waals surface area contributed by atoms with E-state index in [1.54, 1.807) is 19.6 Å². The van der Waals surface area contributed by atoms with Gasteiger partial charge < -0.3 is 10.1 Å². The third-order valence-corrected chi connectivity index (χ3v) is 3.17. The lowest BCUT2D eigenvalue weighted by Gasteiger charge is -2.13. The standard InChI is InChI=1S/C15H17N5O/c1-11(9-21-2)19-14-13-8-18-20(15(13)17-10-16-14)12-6-4-3-5-7-12/h3-8,10-11H,9H2,1-2H3,(H,16,17,19)/t11-/m0/s1. The van der Waals surface area contributed by atoms with Crippen molar-refractivity contribution >= 4 is 16.9 Å². The molecule has 0 saturated heterocycles. The van der Waals surface area contributed by atoms with Crippen molar-refractivity contribution in [1.29, 1.82) is 0 Å². The molecule has 3 aromatic rings. The van der Waals surface area contributed by atoms with E-state index in [-0.39, 0.29) is 6.04 Å². The van der Waals surface area contributed by atoms with Crippen LogP contribution in [0.15, 0.2) is 42.9 Å². The van der Waals surface area contributed by atoms with Crippen LogP contribution in [0.2, 0.25) is 0 Å². The smallest absolute Gasteiger partial charge is 0.168 e. The van der Waals surface area contributed by atoms with Crippen LogP contribution in [0, 0.1) is 0 Å². The number of hydrogen-bond acceptors (Lipinski definition) is 5. The van der Waals surface area contributed by atoms with Crippen molar-refractivity contribution < 1.29 is 4.74 Å². The Morgan fingerprint density at radius 2 is 2.05 bits per heavy atom. The van der Waals surface area contributed by atoms with Crippen LogP contribution in [0.5, 0.6) is 0 Å². The van der Waals surface area contributed by atoms with Crippen molar-refractivity contribution in [1.82, 2.24) is 19.7 Å². The highest BCUT2D eigenvalue weighted by Gasteiger charge is 2.12. The zero-order chi connectivity index (χ0) is 14.7. The highest BCUT2D eigenvalue weighted by Crippen LogP contribution is 2.21. The molecule has 0 bridgehead atoms. The van der Waals surface area contributed by atoms with Crippen LogP contribution in [0.1, 0.15) is 6.92 Å². The van der Waals surface area contributed by atoms with Gasteiger partial charge in [-0.1, -0.05) is 18.2 Å². The Balaban J connectivity index is 2.00. The molecule has 0 aliphatic heterocycles. The molecule has 108 valence electrons. The Bertz CT molecular complexity index is 725. The van der Waals surface area contributed by atoms with Gasteiger partial charge in [0.2, 0.25) is 0 Å². The third-order valence-electron chi connectivity index (χ3n) is 3.17. The van der Waals surface area contributed by atoms with Crippen LogP contribution in [-0.4, -0.2) is 39.5 Å². The highest BCUT2D eigenvalue weighted by atomic mass is 16.5. The van der Waals surface area contributed by atoms with Gasteiger partial charge in [0.15, 0.2) is 5.65 Å². The predicted molar refractivity (Wildman–Crippen MR) is 81.6 cm³/mol. The fourth-order valence-electron chi connectivity index (χ4n) is 2.24. The van der Waals surface area contributed by atoms with Crippen molar-refractivity contribution in [3.05, 3.63) is 42.9 Å². The molecule has 6 nitrogen and oxygen atoms in total. The molecule has 0 saturated carbocycles. The Kier molecular flexibility index (Phi) is 3.79. The molecule has 0 unspecified atom stereocenters. The number of hydrogen-bond donors (Lipinski definition) is 1. The van der Waals surface area contributed by atoms with Crippen molar-refractivity contribution in [2.45, 2.75) is 13.0 Å². The largest absolute Gasteiger partial charge is 0.383 e. The van der Waals surface area contributed by atoms with E-state index >= 15 is 0 Å². The van der Waals surface area contributed by atoms with Crippen molar-refractivity contribution in [3.63, 3.8) is 0 Å². The van der Waals surface area contributed by atoms with Gasteiger partial charge in [0.05, 0.1) is 23.9 Å². The minimum absolute atomic E-state index is 0.160. The molecule has 0 radical (unpaired) electrons. The number of methoxy groups -OCH3 is 1. The summed E-state index contributed by atoms with van der Waals surface area (Å²) in [5.41, 5.74) is 1.76. The van der Waals surface area contributed by atoms with E-state index in [0.717, 1.165) is 22.5 Å². The summed E-state index contributed by atoms with van der Waals surface area (Å²) in [5, 5.41) is 8.64. The van der Waals surface area contributed by atoms with Crippen molar-refractivity contribution in [3.8, 4) is 5.69 Å². The Morgan fingerprint density at radius 1 is 1.24 bits per heavy atom. The van der Waals surface area contributed by atoms with Crippen LogP contribution in [0.4, 0.5) is 5.82 Å². The van der Waals surface area contributed by atoms with E-state index < -0.39 is 0 Å². The average Bonchev–Trinajstić information content (AvgIpc) is 2.93. The summed E-state index contributed by atoms with van der Waals surface area (Å²) in [6.45, 7) is 2.65. The molecule has 0 spiro atoms. The lowest BCUT2D eigenvalue weighted by Crippen LogP contribution is -2.21. The van der Waals surface area contributed by atoms with E-state index in [2.05, 4.69) is 20.4 Å². The predicted octanol–water partition coefficient (Wildman–Crippen LogP) is 2.26. The first-order valence-corrected chi connectivity index (χ1v) is 6.79. The van der Waals surface area contributed by atoms with Crippen LogP contribution >= 0.6 is 0 Å². The first-order chi connectivity index (χ1) is 10.3. The molecule has 21 heavy (non-hydrogen) atoms. The van der Waals surface area contributed by atoms with Gasteiger partial charge in [0, 0.05) is 13.2 Å². The van der Waals surface area contributed by atoms with Gasteiger partial charge >= 0.3 is 0 Å². The average molecular weight is 283 g/mol. The summed E-state index contributed by atoms with van der Waals surface area (Å²) in [6.07, 6.45) is 3.33. The normalized spacial score (nSPS) is 12.5. The number of anilines is 1. The molecule has 0 aliphatic rings. The zero-order valence-corrected chi connectivity index (χ0v) is 12.0. The van der Waals surface area contributed by atoms with Crippen molar-refractivity contribution in [2.24, 2.45) is 0 Å². The first kappa shape index (κ1) is 13.5. The van der Waals surface area contributed by atoms with Gasteiger partial charge in [0.1, 0.15) is 12.1 Å². The molecule has 2 aromatic heterocycles. The Morgan fingerprint density at radius 3 is 2.81 bits per heavy atom. The summed E-state index contributed by atoms with van der Waals surface area (Å²) >= 11 is 0. The third kappa shape index (κ3) is 2.71. The lowest BCUT2D eigenvalue weighted by molar-refractivity contribution is 0.190. The molecule has 1 aromatic carbocycles. The molecule has 0 fully saturated rings. The highest BCUT2D eigenvalue weighted by molar-refractivity contribution is 5.87. The minimum Gasteiger partial charge on any atom is -0.383 e. The summed E-state index contributed by atoms with van der Waals surface area (Å²) in [5.74, 6) is 0.770. The number of nitrogens with one attached hydrogen (secondary N) is 1. The van der Waals surface area contributed by atoms with Crippen molar-refractivity contribution in [2.75, 3.05) is 19.0 Å². The Hall–Kier alpha value is -2.47. The van der Waals surface area contributed by atoms with Gasteiger partial charge in [-0.15, -0.1) is 0 Å². The number of benzene rings is 1. The summed E-state index contributed by atoms with van der Waals surface area (Å²) < 4.78 is 6.94. The molecular formula is C15H17N5O. The van der Waals surface area contributed by atoms with Crippen LogP contribution in [0.25, 0.3) is 16.7 Å². The maximum atomic E-state index is 5.14. The van der Waals surface area contributed by atoms with Gasteiger partial charge in [-0.3, -0.25) is 0 Å². The van der Waals surface area contributed by atoms with E-state index in [0.29, 0.717) is 6.61 Å². The topological polar surface area (TPSA) is 64.9 Å². The summed E-state index contributed by atoms with van der Waals surface area (Å²) in [6, 6.07) is 10.1. The van der Waals surface area contributed by atoms with Crippen LogP contribution in [-0.2, 0) is 4.74 Å². The summed E-state index contributed by atoms with van der Waals surface area (Å²) in [4.78, 5) is 8.65. The zero-order valence-electron chi connectivity index (χ0n) is 12.0. The second-order valence-corrected chi connectivity index (χ2v) is 4.85. The number of aromatic nitrogens is 4. The van der Waals surface area contributed by atoms with Crippen LogP contribution in [0.3, 0.4) is 0 Å². The number of nitrogens with zero attached hydrogens (tertiary/aromatic N) is 4. The second-order valence-electron chi connectivity index (χ2n) is 4.85. The quantitative estimate of drug-likeness (QED) is 0.778. The summed E-state index contributed by atoms with van der Waals surface area (Å²) in [7, 11) is 1.68. The molecule has 6 heteroatoms. The Labute approximate surface area is 122 Å². The molecule has 1 atom stereocenters. The molecule has 3 rings (SSSR count). The first-order valence-electron chi connectivity index (χ1n) is 6.79. The van der Waals surface area contributed by atoms with E-state index in [4.69, 9.17) is 4.74 Å². The number of fused-ring (bicyclic) bond motifs is 1. The second kappa shape index (κ2) is 5.88. The van der Waals surface area contributed by atoms with E-state index in [1.807, 2.05) is 41.9 Å². The minimum atomic E-state index is 0.160. The van der Waals surface area contributed by atoms with Gasteiger partial charge in [-0.2, -0.15) is 5.10 Å². The van der Waals surface area contributed by atoms with Gasteiger partial charge in [0.25, 0.3) is 0 Å². The number of rotatable bonds is 5. The van der Waals surface area contributed by atoms with E-state index in [9.17, 15) is 0 Å². The maximum absolute atomic E-state index is 5.14. The number of para-hydroxylation sites is 1. The van der Waals surface area contributed by atoms with Gasteiger partial charge in [-0.05, 0) is 19.1 Å². The van der Waals surface area contributed by atoms with E-state index in [1.165, 1.54) is 0 Å². The van der Waals surface area contributed by atoms with Gasteiger partial charge in [-0.25, -0.2) is 14.6 Å². The fourth-order valence-corrected chi connectivity index (χ4v) is 2.24. The molecule has 0 aliphatic carbocycles. The maximum Gasteiger partial charge on any atom is 0.168 e. The fraction of sp³-hybridized carbons (Fsp3) is 0.267. The SMILES string of the molecule is COC[C@H](C)Nc1ncnc2c1cnn2-c1ccccc1. The monoisotopic (exact) mass is 283 g/mol. The molecule has 0 amide bonds. The molecule has 1 N–H and O–H groups in total.